The molecule has 1 aliphatic rings. The Kier molecular flexibility index (Phi) is 10.4. The number of piperazine rings is 1. The minimum atomic E-state index is -1.59. The van der Waals surface area contributed by atoms with Crippen molar-refractivity contribution in [1.82, 2.24) is 24.3 Å². The number of benzene rings is 2. The second-order valence-corrected chi connectivity index (χ2v) is 19.1. The predicted octanol–water partition coefficient (Wildman–Crippen LogP) is 6.43. The average molecular weight is 669 g/mol. The molecule has 1 amide bonds. The zero-order valence-electron chi connectivity index (χ0n) is 28.9. The molecule has 0 saturated carbocycles. The van der Waals surface area contributed by atoms with Crippen molar-refractivity contribution in [1.29, 1.82) is 0 Å². The maximum absolute atomic E-state index is 15.1. The first-order valence-electron chi connectivity index (χ1n) is 16.4. The molecule has 0 spiro atoms. The van der Waals surface area contributed by atoms with E-state index >= 15 is 4.39 Å². The molecule has 1 atom stereocenters. The first-order chi connectivity index (χ1) is 22.6. The third-order valence-electron chi connectivity index (χ3n) is 7.94. The summed E-state index contributed by atoms with van der Waals surface area (Å²) in [6.45, 7) is 17.8. The van der Waals surface area contributed by atoms with E-state index in [1.54, 1.807) is 29.3 Å². The molecule has 0 aliphatic carbocycles. The summed E-state index contributed by atoms with van der Waals surface area (Å²) in [6.07, 6.45) is 1.42. The van der Waals surface area contributed by atoms with Crippen molar-refractivity contribution in [2.75, 3.05) is 31.5 Å². The average Bonchev–Trinajstić information content (AvgIpc) is 3.02. The lowest BCUT2D eigenvalue weighted by molar-refractivity contribution is 0.0139. The van der Waals surface area contributed by atoms with Crippen molar-refractivity contribution < 1.29 is 13.9 Å². The summed E-state index contributed by atoms with van der Waals surface area (Å²) in [4.78, 5) is 38.6. The van der Waals surface area contributed by atoms with Gasteiger partial charge in [-0.25, -0.2) is 14.2 Å². The molecular formula is C37H45FN6O3Si. The first kappa shape index (κ1) is 34.8. The molecule has 11 heteroatoms. The number of nitrogens with one attached hydrogen (secondary N) is 1. The number of nitrogens with zero attached hydrogens (tertiary/aromatic N) is 5. The lowest BCUT2D eigenvalue weighted by Crippen LogP contribution is -2.49. The highest BCUT2D eigenvalue weighted by Crippen LogP contribution is 2.21. The molecule has 1 saturated heterocycles. The molecule has 4 aromatic rings. The minimum Gasteiger partial charge on any atom is -0.444 e. The number of hydrogen-bond acceptors (Lipinski definition) is 7. The molecule has 3 heterocycles. The smallest absolute Gasteiger partial charge is 0.410 e. The van der Waals surface area contributed by atoms with Crippen molar-refractivity contribution in [2.45, 2.75) is 72.1 Å². The van der Waals surface area contributed by atoms with Crippen molar-refractivity contribution >= 4 is 31.1 Å². The monoisotopic (exact) mass is 668 g/mol. The van der Waals surface area contributed by atoms with Crippen LogP contribution in [0.15, 0.2) is 65.6 Å². The van der Waals surface area contributed by atoms with E-state index < -0.39 is 19.5 Å². The van der Waals surface area contributed by atoms with Crippen molar-refractivity contribution in [3.05, 3.63) is 99.2 Å². The Labute approximate surface area is 283 Å². The Balaban J connectivity index is 1.23. The molecule has 9 nitrogen and oxygen atoms in total. The van der Waals surface area contributed by atoms with E-state index in [0.29, 0.717) is 41.2 Å². The lowest BCUT2D eigenvalue weighted by atomic mass is 10.1. The molecule has 1 N–H and O–H groups in total. The quantitative estimate of drug-likeness (QED) is 0.179. The van der Waals surface area contributed by atoms with Crippen LogP contribution in [0.25, 0.3) is 11.0 Å². The highest BCUT2D eigenvalue weighted by atomic mass is 28.3. The Morgan fingerprint density at radius 1 is 1.02 bits per heavy atom. The van der Waals surface area contributed by atoms with Crippen LogP contribution >= 0.6 is 0 Å². The van der Waals surface area contributed by atoms with Crippen LogP contribution in [-0.4, -0.2) is 70.3 Å². The van der Waals surface area contributed by atoms with Gasteiger partial charge in [0.05, 0.1) is 12.6 Å². The highest BCUT2D eigenvalue weighted by molar-refractivity contribution is 6.83. The van der Waals surface area contributed by atoms with Gasteiger partial charge in [-0.05, 0) is 57.0 Å². The van der Waals surface area contributed by atoms with E-state index in [-0.39, 0.29) is 24.2 Å². The largest absolute Gasteiger partial charge is 0.444 e. The molecule has 2 aromatic heterocycles. The number of anilines is 1. The Morgan fingerprint density at radius 3 is 2.38 bits per heavy atom. The number of carbonyl (C=O) groups excluding carboxylic acids is 1. The Hall–Kier alpha value is -4.53. The first-order valence-corrected chi connectivity index (χ1v) is 19.9. The van der Waals surface area contributed by atoms with Gasteiger partial charge in [0.2, 0.25) is 5.95 Å². The van der Waals surface area contributed by atoms with Gasteiger partial charge in [0.1, 0.15) is 25.1 Å². The number of pyridine rings is 1. The van der Waals surface area contributed by atoms with E-state index in [4.69, 9.17) is 9.72 Å². The summed E-state index contributed by atoms with van der Waals surface area (Å²) < 4.78 is 22.1. The van der Waals surface area contributed by atoms with Crippen LogP contribution in [0.3, 0.4) is 0 Å². The summed E-state index contributed by atoms with van der Waals surface area (Å²) >= 11 is 0. The number of halogens is 1. The maximum atomic E-state index is 15.1. The van der Waals surface area contributed by atoms with Gasteiger partial charge in [-0.3, -0.25) is 14.3 Å². The summed E-state index contributed by atoms with van der Waals surface area (Å²) in [5.74, 6) is 3.05. The van der Waals surface area contributed by atoms with Gasteiger partial charge in [0.25, 0.3) is 5.56 Å². The summed E-state index contributed by atoms with van der Waals surface area (Å²) in [7, 11) is -1.59. The highest BCUT2D eigenvalue weighted by Gasteiger charge is 2.26. The van der Waals surface area contributed by atoms with Gasteiger partial charge in [0, 0.05) is 61.5 Å². The van der Waals surface area contributed by atoms with Crippen molar-refractivity contribution in [2.24, 2.45) is 0 Å². The van der Waals surface area contributed by atoms with Crippen LogP contribution in [0, 0.1) is 17.3 Å². The van der Waals surface area contributed by atoms with Gasteiger partial charge in [0.15, 0.2) is 0 Å². The number of hydrogen-bond donors (Lipinski definition) is 1. The number of aromatic nitrogens is 3. The summed E-state index contributed by atoms with van der Waals surface area (Å²) in [6, 6.07) is 16.3. The van der Waals surface area contributed by atoms with Gasteiger partial charge in [-0.15, -0.1) is 5.54 Å². The second-order valence-electron chi connectivity index (χ2n) is 14.4. The molecule has 1 unspecified atom stereocenters. The molecule has 252 valence electrons. The number of rotatable bonds is 7. The predicted molar refractivity (Wildman–Crippen MR) is 191 cm³/mol. The van der Waals surface area contributed by atoms with Crippen LogP contribution in [0.1, 0.15) is 56.0 Å². The third kappa shape index (κ3) is 9.30. The molecular weight excluding hydrogens is 624 g/mol. The van der Waals surface area contributed by atoms with Crippen LogP contribution in [0.2, 0.25) is 19.6 Å². The van der Waals surface area contributed by atoms with Crippen LogP contribution in [-0.2, 0) is 17.8 Å². The van der Waals surface area contributed by atoms with Crippen molar-refractivity contribution in [3.63, 3.8) is 0 Å². The topological polar surface area (TPSA) is 92.6 Å². The van der Waals surface area contributed by atoms with E-state index in [9.17, 15) is 9.59 Å². The zero-order valence-corrected chi connectivity index (χ0v) is 29.9. The summed E-state index contributed by atoms with van der Waals surface area (Å²) in [5, 5.41) is 4.04. The molecule has 48 heavy (non-hydrogen) atoms. The van der Waals surface area contributed by atoms with Gasteiger partial charge >= 0.3 is 6.09 Å². The molecule has 2 aromatic carbocycles. The Bertz CT molecular complexity index is 1900. The van der Waals surface area contributed by atoms with Gasteiger partial charge < -0.3 is 15.0 Å². The van der Waals surface area contributed by atoms with E-state index in [0.717, 1.165) is 25.2 Å². The fourth-order valence-electron chi connectivity index (χ4n) is 5.34. The zero-order chi connectivity index (χ0) is 34.6. The maximum Gasteiger partial charge on any atom is 0.410 e. The van der Waals surface area contributed by atoms with E-state index in [2.05, 4.69) is 70.6 Å². The number of fused-ring (bicyclic) bond motifs is 1. The molecule has 5 rings (SSSR count). The number of carbonyl (C=O) groups is 1. The number of amides is 1. The standard InChI is InChI=1S/C37H45FN6O3Si/c1-26(29-11-9-28(10-12-29)24-42-17-19-43(20-18-42)36(46)47-37(2,3)4)40-35-39-23-30-14-15-33(45)44(34(30)41-35)25-31-13-8-27(22-32(31)38)16-21-48(5,6)7/h8-15,22-23,26H,17-20,24-25H2,1-7H3,(H,39,40,41). The van der Waals surface area contributed by atoms with E-state index in [1.165, 1.54) is 22.3 Å². The fourth-order valence-corrected chi connectivity index (χ4v) is 5.86. The molecule has 1 aliphatic heterocycles. The van der Waals surface area contributed by atoms with Gasteiger partial charge in [-0.1, -0.05) is 55.9 Å². The lowest BCUT2D eigenvalue weighted by Gasteiger charge is -2.35. The van der Waals surface area contributed by atoms with Crippen LogP contribution in [0.4, 0.5) is 15.1 Å². The molecule has 0 radical (unpaired) electrons. The minimum absolute atomic E-state index is 0.0350. The number of ether oxygens (including phenoxy) is 1. The second kappa shape index (κ2) is 14.3. The van der Waals surface area contributed by atoms with Crippen molar-refractivity contribution in [3.8, 4) is 11.5 Å². The Morgan fingerprint density at radius 2 is 1.73 bits per heavy atom. The normalized spacial score (nSPS) is 14.7. The summed E-state index contributed by atoms with van der Waals surface area (Å²) in [5.41, 5.74) is 6.16. The SMILES string of the molecule is CC(Nc1ncc2ccc(=O)n(Cc3ccc(C#C[Si](C)(C)C)cc3F)c2n1)c1ccc(CN2CCN(C(=O)OC(C)(C)C)CC2)cc1. The third-order valence-corrected chi connectivity index (χ3v) is 8.82. The fraction of sp³-hybridized carbons (Fsp3) is 0.405. The molecule has 1 fully saturated rings. The molecule has 0 bridgehead atoms. The van der Waals surface area contributed by atoms with E-state index in [1.807, 2.05) is 27.7 Å². The van der Waals surface area contributed by atoms with Crippen LogP contribution in [0.5, 0.6) is 0 Å². The van der Waals surface area contributed by atoms with Gasteiger partial charge in [-0.2, -0.15) is 4.98 Å². The van der Waals surface area contributed by atoms with Crippen LogP contribution < -0.4 is 10.9 Å².